The topological polar surface area (TPSA) is 82.5 Å². The number of nitrogens with one attached hydrogen (secondary N) is 1. The number of benzene rings is 2. The fraction of sp³-hybridized carbons (Fsp3) is 0.261. The van der Waals surface area contributed by atoms with Gasteiger partial charge in [0.1, 0.15) is 16.5 Å². The lowest BCUT2D eigenvalue weighted by atomic mass is 10.1. The van der Waals surface area contributed by atoms with Crippen LogP contribution in [0.1, 0.15) is 27.2 Å². The first-order valence-electron chi connectivity index (χ1n) is 10.1. The third kappa shape index (κ3) is 7.01. The summed E-state index contributed by atoms with van der Waals surface area (Å²) in [6, 6.07) is 15.6. The Bertz CT molecular complexity index is 1090. The minimum atomic E-state index is -2.88. The van der Waals surface area contributed by atoms with Gasteiger partial charge in [-0.3, -0.25) is 4.79 Å². The zero-order valence-electron chi connectivity index (χ0n) is 17.8. The summed E-state index contributed by atoms with van der Waals surface area (Å²) in [5.41, 5.74) is 2.31. The Morgan fingerprint density at radius 3 is 2.45 bits per heavy atom. The van der Waals surface area contributed by atoms with E-state index in [-0.39, 0.29) is 23.0 Å². The molecule has 1 heterocycles. The molecule has 10 heteroatoms. The Kier molecular flexibility index (Phi) is 8.37. The molecule has 0 aliphatic heterocycles. The summed E-state index contributed by atoms with van der Waals surface area (Å²) in [5, 5.41) is 7.06. The van der Waals surface area contributed by atoms with Crippen LogP contribution in [-0.2, 0) is 22.5 Å². The molecule has 0 aliphatic carbocycles. The fourth-order valence-electron chi connectivity index (χ4n) is 3.08. The molecule has 0 radical (unpaired) electrons. The van der Waals surface area contributed by atoms with E-state index >= 15 is 0 Å². The lowest BCUT2D eigenvalue weighted by Crippen LogP contribution is -2.30. The number of amides is 1. The van der Waals surface area contributed by atoms with Crippen molar-refractivity contribution in [1.29, 1.82) is 0 Å². The van der Waals surface area contributed by atoms with Gasteiger partial charge in [0.15, 0.2) is 6.61 Å². The molecule has 0 fully saturated rings. The molecule has 3 aromatic rings. The van der Waals surface area contributed by atoms with Gasteiger partial charge in [0.25, 0.3) is 5.91 Å². The Morgan fingerprint density at radius 1 is 1.09 bits per heavy atom. The molecule has 0 bridgehead atoms. The van der Waals surface area contributed by atoms with Crippen molar-refractivity contribution in [3.63, 3.8) is 0 Å². The van der Waals surface area contributed by atoms with E-state index in [9.17, 15) is 18.4 Å². The summed E-state index contributed by atoms with van der Waals surface area (Å²) in [6.07, 6.45) is 0.464. The van der Waals surface area contributed by atoms with Crippen LogP contribution >= 0.6 is 11.6 Å². The predicted molar refractivity (Wildman–Crippen MR) is 118 cm³/mol. The van der Waals surface area contributed by atoms with Crippen LogP contribution in [0.5, 0.6) is 5.75 Å². The van der Waals surface area contributed by atoms with Gasteiger partial charge in [0.05, 0.1) is 12.2 Å². The maximum Gasteiger partial charge on any atom is 0.387 e. The van der Waals surface area contributed by atoms with E-state index in [0.717, 1.165) is 11.1 Å². The highest BCUT2D eigenvalue weighted by molar-refractivity contribution is 6.32. The Labute approximate surface area is 194 Å². The van der Waals surface area contributed by atoms with Crippen molar-refractivity contribution in [2.24, 2.45) is 0 Å². The quantitative estimate of drug-likeness (QED) is 0.446. The van der Waals surface area contributed by atoms with Gasteiger partial charge in [0.2, 0.25) is 0 Å². The number of alkyl halides is 2. The molecule has 0 unspecified atom stereocenters. The van der Waals surface area contributed by atoms with Crippen LogP contribution in [0.3, 0.4) is 0 Å². The number of esters is 1. The molecule has 1 N–H and O–H groups in total. The molecule has 0 saturated heterocycles. The van der Waals surface area contributed by atoms with Crippen LogP contribution < -0.4 is 10.1 Å². The molecule has 2 aromatic carbocycles. The number of aryl methyl sites for hydroxylation is 1. The molecular formula is C23H22ClF2N3O4. The molecule has 0 saturated carbocycles. The number of ether oxygens (including phenoxy) is 2. The maximum atomic E-state index is 12.5. The van der Waals surface area contributed by atoms with Gasteiger partial charge in [-0.15, -0.1) is 0 Å². The second-order valence-corrected chi connectivity index (χ2v) is 7.45. The normalized spacial score (nSPS) is 10.8. The summed E-state index contributed by atoms with van der Waals surface area (Å²) in [5.74, 6) is -1.15. The van der Waals surface area contributed by atoms with E-state index in [1.54, 1.807) is 19.1 Å². The number of hydrogen-bond donors (Lipinski definition) is 1. The van der Waals surface area contributed by atoms with Crippen LogP contribution in [-0.4, -0.2) is 41.4 Å². The molecule has 3 rings (SSSR count). The van der Waals surface area contributed by atoms with Crippen LogP contribution in [0.4, 0.5) is 8.78 Å². The predicted octanol–water partition coefficient (Wildman–Crippen LogP) is 4.01. The van der Waals surface area contributed by atoms with Crippen molar-refractivity contribution in [1.82, 2.24) is 15.1 Å². The van der Waals surface area contributed by atoms with E-state index in [1.165, 1.54) is 16.8 Å². The number of carbonyl (C=O) groups excluding carboxylic acids is 2. The second-order valence-electron chi connectivity index (χ2n) is 7.09. The lowest BCUT2D eigenvalue weighted by Gasteiger charge is -2.08. The number of hydrogen-bond acceptors (Lipinski definition) is 5. The van der Waals surface area contributed by atoms with Crippen LogP contribution in [0, 0.1) is 6.92 Å². The molecule has 1 aromatic heterocycles. The van der Waals surface area contributed by atoms with Gasteiger partial charge >= 0.3 is 12.6 Å². The van der Waals surface area contributed by atoms with Crippen LogP contribution in [0.15, 0.2) is 54.6 Å². The molecular weight excluding hydrogens is 456 g/mol. The third-order valence-electron chi connectivity index (χ3n) is 4.66. The summed E-state index contributed by atoms with van der Waals surface area (Å²) in [4.78, 5) is 24.5. The van der Waals surface area contributed by atoms with E-state index < -0.39 is 25.1 Å². The minimum absolute atomic E-state index is 0.0609. The lowest BCUT2D eigenvalue weighted by molar-refractivity contribution is -0.124. The molecule has 7 nitrogen and oxygen atoms in total. The van der Waals surface area contributed by atoms with E-state index in [0.29, 0.717) is 18.7 Å². The minimum Gasteiger partial charge on any atom is -0.452 e. The van der Waals surface area contributed by atoms with Crippen molar-refractivity contribution >= 4 is 23.5 Å². The Balaban J connectivity index is 1.46. The van der Waals surface area contributed by atoms with Crippen LogP contribution in [0.25, 0.3) is 0 Å². The maximum absolute atomic E-state index is 12.5. The average Bonchev–Trinajstić information content (AvgIpc) is 3.06. The number of halogens is 3. The third-order valence-corrected chi connectivity index (χ3v) is 5.05. The standard InChI is InChI=1S/C23H22ClF2N3O4/c1-15-20(21(24)29(28-15)13-17-5-3-2-4-6-17)22(31)32-14-19(30)27-12-11-16-7-9-18(10-8-16)33-23(25)26/h2-10,23H,11-14H2,1H3,(H,27,30). The summed E-state index contributed by atoms with van der Waals surface area (Å²) < 4.78 is 35.2. The van der Waals surface area contributed by atoms with Gasteiger partial charge in [-0.25, -0.2) is 9.48 Å². The highest BCUT2D eigenvalue weighted by Gasteiger charge is 2.22. The summed E-state index contributed by atoms with van der Waals surface area (Å²) in [6.45, 7) is -1.04. The van der Waals surface area contributed by atoms with Gasteiger partial charge in [-0.1, -0.05) is 54.1 Å². The highest BCUT2D eigenvalue weighted by atomic mass is 35.5. The largest absolute Gasteiger partial charge is 0.452 e. The SMILES string of the molecule is Cc1nn(Cc2ccccc2)c(Cl)c1C(=O)OCC(=O)NCCc1ccc(OC(F)F)cc1. The van der Waals surface area contributed by atoms with Gasteiger partial charge in [-0.05, 0) is 36.6 Å². The first-order chi connectivity index (χ1) is 15.8. The Morgan fingerprint density at radius 2 is 1.79 bits per heavy atom. The first kappa shape index (κ1) is 24.2. The van der Waals surface area contributed by atoms with Crippen molar-refractivity contribution in [2.75, 3.05) is 13.2 Å². The zero-order chi connectivity index (χ0) is 23.8. The van der Waals surface area contributed by atoms with E-state index in [1.807, 2.05) is 30.3 Å². The molecule has 0 aliphatic rings. The number of rotatable bonds is 10. The molecule has 174 valence electrons. The molecule has 0 spiro atoms. The van der Waals surface area contributed by atoms with Crippen molar-refractivity contribution < 1.29 is 27.8 Å². The molecule has 1 amide bonds. The Hall–Kier alpha value is -3.46. The second kappa shape index (κ2) is 11.4. The van der Waals surface area contributed by atoms with Crippen molar-refractivity contribution in [3.8, 4) is 5.75 Å². The monoisotopic (exact) mass is 477 g/mol. The summed E-state index contributed by atoms with van der Waals surface area (Å²) >= 11 is 6.33. The van der Waals surface area contributed by atoms with Gasteiger partial charge < -0.3 is 14.8 Å². The first-order valence-corrected chi connectivity index (χ1v) is 10.5. The average molecular weight is 478 g/mol. The van der Waals surface area contributed by atoms with Crippen molar-refractivity contribution in [3.05, 3.63) is 82.1 Å². The van der Waals surface area contributed by atoms with Crippen LogP contribution in [0.2, 0.25) is 5.15 Å². The van der Waals surface area contributed by atoms with Crippen molar-refractivity contribution in [2.45, 2.75) is 26.5 Å². The molecule has 33 heavy (non-hydrogen) atoms. The zero-order valence-corrected chi connectivity index (χ0v) is 18.5. The highest BCUT2D eigenvalue weighted by Crippen LogP contribution is 2.22. The van der Waals surface area contributed by atoms with Gasteiger partial charge in [-0.2, -0.15) is 13.9 Å². The number of aromatic nitrogens is 2. The summed E-state index contributed by atoms with van der Waals surface area (Å²) in [7, 11) is 0. The molecule has 0 atom stereocenters. The van der Waals surface area contributed by atoms with E-state index in [4.69, 9.17) is 16.3 Å². The smallest absolute Gasteiger partial charge is 0.387 e. The fourth-order valence-corrected chi connectivity index (χ4v) is 3.40. The number of carbonyl (C=O) groups is 2. The number of nitrogens with zero attached hydrogens (tertiary/aromatic N) is 2. The van der Waals surface area contributed by atoms with E-state index in [2.05, 4.69) is 15.2 Å². The van der Waals surface area contributed by atoms with Gasteiger partial charge in [0, 0.05) is 6.54 Å².